The van der Waals surface area contributed by atoms with Crippen molar-refractivity contribution >= 4 is 41.9 Å². The Morgan fingerprint density at radius 1 is 1.26 bits per heavy atom. The number of rotatable bonds is 5. The van der Waals surface area contributed by atoms with Gasteiger partial charge in [0.1, 0.15) is 0 Å². The van der Waals surface area contributed by atoms with E-state index in [-0.39, 0.29) is 10.9 Å². The van der Waals surface area contributed by atoms with Gasteiger partial charge in [0.15, 0.2) is 0 Å². The summed E-state index contributed by atoms with van der Waals surface area (Å²) >= 11 is 6.65. The molecule has 128 valence electrons. The zero-order valence-corrected chi connectivity index (χ0v) is 16.8. The van der Waals surface area contributed by atoms with Crippen molar-refractivity contribution in [1.82, 2.24) is 14.9 Å². The quantitative estimate of drug-likeness (QED) is 0.698. The first-order valence-corrected chi connectivity index (χ1v) is 10.9. The first kappa shape index (κ1) is 17.8. The summed E-state index contributed by atoms with van der Waals surface area (Å²) in [5, 5.41) is 3.44. The largest absolute Gasteiger partial charge is 0.311 e. The van der Waals surface area contributed by atoms with E-state index < -0.39 is 10.0 Å². The molecule has 1 aromatic carbocycles. The van der Waals surface area contributed by atoms with E-state index in [1.807, 2.05) is 6.07 Å². The molecule has 0 saturated carbocycles. The third-order valence-corrected chi connectivity index (χ3v) is 7.41. The summed E-state index contributed by atoms with van der Waals surface area (Å²) in [5.41, 5.74) is 0. The number of sulfonamides is 1. The maximum Gasteiger partial charge on any atom is 0.242 e. The molecule has 0 spiro atoms. The van der Waals surface area contributed by atoms with Crippen molar-refractivity contribution in [1.29, 1.82) is 0 Å². The maximum absolute atomic E-state index is 12.6. The van der Waals surface area contributed by atoms with Crippen LogP contribution in [0.3, 0.4) is 0 Å². The Balaban J connectivity index is 1.61. The molecule has 3 rings (SSSR count). The van der Waals surface area contributed by atoms with Crippen molar-refractivity contribution in [2.24, 2.45) is 0 Å². The summed E-state index contributed by atoms with van der Waals surface area (Å²) in [7, 11) is -3.53. The van der Waals surface area contributed by atoms with E-state index >= 15 is 0 Å². The van der Waals surface area contributed by atoms with Crippen LogP contribution in [0.15, 0.2) is 32.0 Å². The molecule has 2 atom stereocenters. The fourth-order valence-electron chi connectivity index (χ4n) is 3.29. The van der Waals surface area contributed by atoms with Crippen LogP contribution in [0.25, 0.3) is 0 Å². The van der Waals surface area contributed by atoms with Crippen LogP contribution in [0.2, 0.25) is 0 Å². The SMILES string of the molecule is O=S(=O)(N[C@H]1CN[C@@H](CN2CCCC2)C1)c1cc(Br)ccc1Br. The molecule has 2 heterocycles. The van der Waals surface area contributed by atoms with Gasteiger partial charge in [-0.25, -0.2) is 13.1 Å². The number of nitrogens with one attached hydrogen (secondary N) is 2. The highest BCUT2D eigenvalue weighted by atomic mass is 79.9. The lowest BCUT2D eigenvalue weighted by atomic mass is 10.2. The molecule has 2 aliphatic heterocycles. The summed E-state index contributed by atoms with van der Waals surface area (Å²) in [5.74, 6) is 0. The van der Waals surface area contributed by atoms with E-state index in [4.69, 9.17) is 0 Å². The first-order chi connectivity index (χ1) is 10.9. The van der Waals surface area contributed by atoms with Gasteiger partial charge >= 0.3 is 0 Å². The molecule has 0 bridgehead atoms. The minimum absolute atomic E-state index is 0.0570. The zero-order valence-electron chi connectivity index (χ0n) is 12.8. The summed E-state index contributed by atoms with van der Waals surface area (Å²) in [4.78, 5) is 2.73. The molecule has 8 heteroatoms. The highest BCUT2D eigenvalue weighted by Gasteiger charge is 2.30. The molecule has 0 radical (unpaired) electrons. The van der Waals surface area contributed by atoms with Gasteiger partial charge in [0.05, 0.1) is 4.90 Å². The topological polar surface area (TPSA) is 61.4 Å². The number of benzene rings is 1. The second-order valence-corrected chi connectivity index (χ2v) is 9.69. The molecule has 0 aromatic heterocycles. The highest BCUT2D eigenvalue weighted by molar-refractivity contribution is 9.11. The summed E-state index contributed by atoms with van der Waals surface area (Å²) in [6.45, 7) is 4.03. The molecule has 0 amide bonds. The van der Waals surface area contributed by atoms with Crippen molar-refractivity contribution in [3.8, 4) is 0 Å². The van der Waals surface area contributed by atoms with Crippen LogP contribution < -0.4 is 10.0 Å². The van der Waals surface area contributed by atoms with Gasteiger partial charge in [0, 0.05) is 34.1 Å². The number of likely N-dealkylation sites (tertiary alicyclic amines) is 1. The lowest BCUT2D eigenvalue weighted by molar-refractivity contribution is 0.302. The Morgan fingerprint density at radius 2 is 2.00 bits per heavy atom. The van der Waals surface area contributed by atoms with Crippen LogP contribution in [0.5, 0.6) is 0 Å². The van der Waals surface area contributed by atoms with Crippen molar-refractivity contribution in [2.75, 3.05) is 26.2 Å². The van der Waals surface area contributed by atoms with E-state index in [1.165, 1.54) is 25.9 Å². The minimum Gasteiger partial charge on any atom is -0.311 e. The van der Waals surface area contributed by atoms with Crippen molar-refractivity contribution in [3.63, 3.8) is 0 Å². The monoisotopic (exact) mass is 465 g/mol. The summed E-state index contributed by atoms with van der Waals surface area (Å²) in [6, 6.07) is 5.48. The van der Waals surface area contributed by atoms with Crippen LogP contribution >= 0.6 is 31.9 Å². The molecular formula is C15H21Br2N3O2S. The molecule has 2 fully saturated rings. The van der Waals surface area contributed by atoms with Crippen LogP contribution in [0.4, 0.5) is 0 Å². The van der Waals surface area contributed by atoms with Gasteiger partial charge in [-0.1, -0.05) is 15.9 Å². The number of hydrogen-bond acceptors (Lipinski definition) is 4. The van der Waals surface area contributed by atoms with Crippen molar-refractivity contribution < 1.29 is 8.42 Å². The number of hydrogen-bond donors (Lipinski definition) is 2. The fraction of sp³-hybridized carbons (Fsp3) is 0.600. The van der Waals surface area contributed by atoms with Crippen LogP contribution in [-0.2, 0) is 10.0 Å². The fourth-order valence-corrected chi connectivity index (χ4v) is 6.04. The van der Waals surface area contributed by atoms with Crippen molar-refractivity contribution in [3.05, 3.63) is 27.1 Å². The van der Waals surface area contributed by atoms with Gasteiger partial charge < -0.3 is 10.2 Å². The first-order valence-electron chi connectivity index (χ1n) is 7.87. The van der Waals surface area contributed by atoms with E-state index in [0.717, 1.165) is 17.4 Å². The number of halogens is 2. The van der Waals surface area contributed by atoms with Gasteiger partial charge in [-0.15, -0.1) is 0 Å². The van der Waals surface area contributed by atoms with Gasteiger partial charge in [-0.3, -0.25) is 0 Å². The Hall–Kier alpha value is 0.01000. The standard InChI is InChI=1S/C15H21Br2N3O2S/c16-11-3-4-14(17)15(7-11)23(21,22)19-12-8-13(18-9-12)10-20-5-1-2-6-20/h3-4,7,12-13,18-19H,1-2,5-6,8-10H2/t12-,13-/m1/s1. The van der Waals surface area contributed by atoms with Gasteiger partial charge in [-0.2, -0.15) is 0 Å². The Kier molecular flexibility index (Phi) is 5.81. The van der Waals surface area contributed by atoms with Crippen LogP contribution in [0, 0.1) is 0 Å². The highest BCUT2D eigenvalue weighted by Crippen LogP contribution is 2.26. The summed E-state index contributed by atoms with van der Waals surface area (Å²) in [6.07, 6.45) is 3.39. The van der Waals surface area contributed by atoms with E-state index in [1.54, 1.807) is 12.1 Å². The van der Waals surface area contributed by atoms with Gasteiger partial charge in [0.25, 0.3) is 0 Å². The Morgan fingerprint density at radius 3 is 2.74 bits per heavy atom. The summed E-state index contributed by atoms with van der Waals surface area (Å²) < 4.78 is 29.4. The molecule has 0 unspecified atom stereocenters. The Bertz CT molecular complexity index is 663. The molecule has 2 N–H and O–H groups in total. The smallest absolute Gasteiger partial charge is 0.242 e. The predicted molar refractivity (Wildman–Crippen MR) is 98.0 cm³/mol. The van der Waals surface area contributed by atoms with Crippen molar-refractivity contribution in [2.45, 2.75) is 36.2 Å². The number of nitrogens with zero attached hydrogens (tertiary/aromatic N) is 1. The Labute approximate surface area is 154 Å². The molecule has 23 heavy (non-hydrogen) atoms. The molecule has 5 nitrogen and oxygen atoms in total. The maximum atomic E-state index is 12.6. The molecular weight excluding hydrogens is 446 g/mol. The van der Waals surface area contributed by atoms with Gasteiger partial charge in [-0.05, 0) is 66.5 Å². The van der Waals surface area contributed by atoms with Crippen LogP contribution in [0.1, 0.15) is 19.3 Å². The molecule has 2 saturated heterocycles. The average Bonchev–Trinajstić information content (AvgIpc) is 3.14. The third kappa shape index (κ3) is 4.55. The average molecular weight is 467 g/mol. The van der Waals surface area contributed by atoms with Crippen LogP contribution in [-0.4, -0.2) is 51.6 Å². The molecule has 2 aliphatic rings. The lowest BCUT2D eigenvalue weighted by Gasteiger charge is -2.20. The van der Waals surface area contributed by atoms with Gasteiger partial charge in [0.2, 0.25) is 10.0 Å². The van der Waals surface area contributed by atoms with E-state index in [2.05, 4.69) is 46.8 Å². The second kappa shape index (κ2) is 7.49. The van der Waals surface area contributed by atoms with E-state index in [0.29, 0.717) is 17.1 Å². The third-order valence-electron chi connectivity index (χ3n) is 4.40. The minimum atomic E-state index is -3.53. The molecule has 0 aliphatic carbocycles. The zero-order chi connectivity index (χ0) is 16.4. The molecule has 1 aromatic rings. The lowest BCUT2D eigenvalue weighted by Crippen LogP contribution is -2.36. The predicted octanol–water partition coefficient (Wildman–Crippen LogP) is 2.32. The second-order valence-electron chi connectivity index (χ2n) is 6.24. The normalized spacial score (nSPS) is 26.0. The van der Waals surface area contributed by atoms with E-state index in [9.17, 15) is 8.42 Å².